The molecule has 2 N–H and O–H groups in total. The molecule has 140 valence electrons. The second kappa shape index (κ2) is 9.98. The molecule has 0 saturated carbocycles. The molecule has 0 radical (unpaired) electrons. The zero-order chi connectivity index (χ0) is 19.6. The van der Waals surface area contributed by atoms with E-state index in [1.165, 1.54) is 0 Å². The van der Waals surface area contributed by atoms with Crippen LogP contribution >= 0.6 is 0 Å². The molecule has 0 spiro atoms. The van der Waals surface area contributed by atoms with E-state index in [-0.39, 0.29) is 13.2 Å². The van der Waals surface area contributed by atoms with Crippen LogP contribution in [0, 0.1) is 0 Å². The first kappa shape index (κ1) is 20.0. The van der Waals surface area contributed by atoms with E-state index in [4.69, 9.17) is 15.2 Å². The molecule has 2 rings (SSSR count). The van der Waals surface area contributed by atoms with Gasteiger partial charge in [-0.2, -0.15) is 0 Å². The van der Waals surface area contributed by atoms with Crippen molar-refractivity contribution in [3.05, 3.63) is 71.8 Å². The fraction of sp³-hybridized carbons (Fsp3) is 0.200. The second-order valence-electron chi connectivity index (χ2n) is 5.72. The van der Waals surface area contributed by atoms with Crippen molar-refractivity contribution in [1.82, 2.24) is 0 Å². The third-order valence-electron chi connectivity index (χ3n) is 3.60. The molecule has 0 aliphatic carbocycles. The minimum atomic E-state index is -1.47. The SMILES string of the molecule is N[C@H](CC(=O)C(=O)OCc1ccccc1)C(=O)C(=O)OCc1ccccc1. The van der Waals surface area contributed by atoms with Gasteiger partial charge < -0.3 is 15.2 Å². The first-order chi connectivity index (χ1) is 13.0. The van der Waals surface area contributed by atoms with Crippen LogP contribution < -0.4 is 5.73 Å². The Hall–Kier alpha value is -3.32. The van der Waals surface area contributed by atoms with Crippen molar-refractivity contribution in [3.63, 3.8) is 0 Å². The second-order valence-corrected chi connectivity index (χ2v) is 5.72. The van der Waals surface area contributed by atoms with Crippen LogP contribution in [0.1, 0.15) is 17.5 Å². The third kappa shape index (κ3) is 6.48. The summed E-state index contributed by atoms with van der Waals surface area (Å²) in [5.41, 5.74) is 6.97. The lowest BCUT2D eigenvalue weighted by molar-refractivity contribution is -0.157. The Bertz CT molecular complexity index is 804. The topological polar surface area (TPSA) is 113 Å². The Balaban J connectivity index is 1.77. The predicted octanol–water partition coefficient (Wildman–Crippen LogP) is 1.33. The van der Waals surface area contributed by atoms with Crippen LogP contribution in [0.3, 0.4) is 0 Å². The standard InChI is InChI=1S/C20H19NO6/c21-16(18(23)20(25)27-13-15-9-5-2-6-10-15)11-17(22)19(24)26-12-14-7-3-1-4-8-14/h1-10,16H,11-13,21H2/t16-/m1/s1. The van der Waals surface area contributed by atoms with Gasteiger partial charge in [0.15, 0.2) is 0 Å². The van der Waals surface area contributed by atoms with E-state index in [0.29, 0.717) is 11.1 Å². The Morgan fingerprint density at radius 3 is 1.67 bits per heavy atom. The lowest BCUT2D eigenvalue weighted by Crippen LogP contribution is -2.40. The van der Waals surface area contributed by atoms with Crippen molar-refractivity contribution in [1.29, 1.82) is 0 Å². The van der Waals surface area contributed by atoms with Gasteiger partial charge in [0.2, 0.25) is 5.78 Å². The van der Waals surface area contributed by atoms with E-state index in [2.05, 4.69) is 0 Å². The van der Waals surface area contributed by atoms with Gasteiger partial charge in [-0.1, -0.05) is 60.7 Å². The van der Waals surface area contributed by atoms with Gasteiger partial charge in [0.25, 0.3) is 5.78 Å². The highest BCUT2D eigenvalue weighted by Gasteiger charge is 2.28. The van der Waals surface area contributed by atoms with Crippen molar-refractivity contribution < 1.29 is 28.7 Å². The van der Waals surface area contributed by atoms with E-state index in [1.54, 1.807) is 60.7 Å². The summed E-state index contributed by atoms with van der Waals surface area (Å²) in [7, 11) is 0. The zero-order valence-electron chi connectivity index (χ0n) is 14.5. The van der Waals surface area contributed by atoms with Crippen LogP contribution in [0.4, 0.5) is 0 Å². The van der Waals surface area contributed by atoms with Crippen molar-refractivity contribution in [3.8, 4) is 0 Å². The number of nitrogens with two attached hydrogens (primary N) is 1. The van der Waals surface area contributed by atoms with E-state index >= 15 is 0 Å². The fourth-order valence-electron chi connectivity index (χ4n) is 2.12. The summed E-state index contributed by atoms with van der Waals surface area (Å²) in [6.07, 6.45) is -0.632. The highest BCUT2D eigenvalue weighted by atomic mass is 16.5. The summed E-state index contributed by atoms with van der Waals surface area (Å²) >= 11 is 0. The number of benzene rings is 2. The summed E-state index contributed by atoms with van der Waals surface area (Å²) in [4.78, 5) is 47.2. The average Bonchev–Trinajstić information content (AvgIpc) is 2.71. The number of hydrogen-bond donors (Lipinski definition) is 1. The molecule has 0 saturated heterocycles. The molecule has 0 aromatic heterocycles. The molecule has 2 aromatic carbocycles. The molecule has 0 fully saturated rings. The van der Waals surface area contributed by atoms with Crippen LogP contribution in [-0.2, 0) is 41.9 Å². The smallest absolute Gasteiger partial charge is 0.376 e. The minimum Gasteiger partial charge on any atom is -0.455 e. The van der Waals surface area contributed by atoms with E-state index in [0.717, 1.165) is 0 Å². The molecular weight excluding hydrogens is 350 g/mol. The lowest BCUT2D eigenvalue weighted by atomic mass is 10.1. The molecule has 0 aliphatic rings. The predicted molar refractivity (Wildman–Crippen MR) is 95.1 cm³/mol. The first-order valence-corrected chi connectivity index (χ1v) is 8.21. The molecule has 0 bridgehead atoms. The Kier molecular flexibility index (Phi) is 7.39. The normalized spacial score (nSPS) is 11.3. The molecule has 1 atom stereocenters. The van der Waals surface area contributed by atoms with Crippen LogP contribution in [-0.4, -0.2) is 29.5 Å². The highest BCUT2D eigenvalue weighted by molar-refractivity contribution is 6.39. The van der Waals surface area contributed by atoms with Gasteiger partial charge in [0, 0.05) is 6.42 Å². The van der Waals surface area contributed by atoms with Crippen molar-refractivity contribution >= 4 is 23.5 Å². The van der Waals surface area contributed by atoms with E-state index < -0.39 is 36.0 Å². The maximum absolute atomic E-state index is 11.9. The van der Waals surface area contributed by atoms with E-state index in [1.807, 2.05) is 0 Å². The lowest BCUT2D eigenvalue weighted by Gasteiger charge is -2.10. The molecule has 0 amide bonds. The molecule has 7 nitrogen and oxygen atoms in total. The summed E-state index contributed by atoms with van der Waals surface area (Å²) in [6, 6.07) is 16.1. The number of ketones is 2. The summed E-state index contributed by atoms with van der Waals surface area (Å²) < 4.78 is 9.73. The average molecular weight is 369 g/mol. The number of carbonyl (C=O) groups is 4. The van der Waals surface area contributed by atoms with E-state index in [9.17, 15) is 19.2 Å². The number of rotatable bonds is 9. The maximum atomic E-state index is 11.9. The quantitative estimate of drug-likeness (QED) is 0.524. The van der Waals surface area contributed by atoms with Crippen molar-refractivity contribution in [2.45, 2.75) is 25.7 Å². The first-order valence-electron chi connectivity index (χ1n) is 8.21. The van der Waals surface area contributed by atoms with Gasteiger partial charge >= 0.3 is 11.9 Å². The minimum absolute atomic E-state index is 0.0757. The fourth-order valence-corrected chi connectivity index (χ4v) is 2.12. The van der Waals surface area contributed by atoms with Crippen molar-refractivity contribution in [2.24, 2.45) is 5.73 Å². The van der Waals surface area contributed by atoms with Crippen LogP contribution in [0.15, 0.2) is 60.7 Å². The summed E-state index contributed by atoms with van der Waals surface area (Å²) in [5, 5.41) is 0. The van der Waals surface area contributed by atoms with Gasteiger partial charge in [-0.15, -0.1) is 0 Å². The van der Waals surface area contributed by atoms with Gasteiger partial charge in [0.05, 0.1) is 6.04 Å². The largest absolute Gasteiger partial charge is 0.455 e. The summed E-state index contributed by atoms with van der Waals surface area (Å²) in [6.45, 7) is -0.168. The number of Topliss-reactive ketones (excluding diaryl/α,β-unsaturated/α-hetero) is 2. The van der Waals surface area contributed by atoms with Crippen LogP contribution in [0.5, 0.6) is 0 Å². The molecule has 0 heterocycles. The van der Waals surface area contributed by atoms with Gasteiger partial charge in [-0.3, -0.25) is 9.59 Å². The van der Waals surface area contributed by atoms with Crippen LogP contribution in [0.25, 0.3) is 0 Å². The number of carbonyl (C=O) groups excluding carboxylic acids is 4. The zero-order valence-corrected chi connectivity index (χ0v) is 14.5. The molecule has 7 heteroatoms. The molecular formula is C20H19NO6. The number of esters is 2. The van der Waals surface area contributed by atoms with Gasteiger partial charge in [-0.25, -0.2) is 9.59 Å². The third-order valence-corrected chi connectivity index (χ3v) is 3.60. The number of hydrogen-bond acceptors (Lipinski definition) is 7. The van der Waals surface area contributed by atoms with Crippen LogP contribution in [0.2, 0.25) is 0 Å². The van der Waals surface area contributed by atoms with Crippen molar-refractivity contribution in [2.75, 3.05) is 0 Å². The van der Waals surface area contributed by atoms with Gasteiger partial charge in [0.1, 0.15) is 13.2 Å². The Morgan fingerprint density at radius 1 is 0.741 bits per heavy atom. The molecule has 27 heavy (non-hydrogen) atoms. The van der Waals surface area contributed by atoms with Gasteiger partial charge in [-0.05, 0) is 11.1 Å². The Morgan fingerprint density at radius 2 is 1.19 bits per heavy atom. The highest BCUT2D eigenvalue weighted by Crippen LogP contribution is 2.04. The number of ether oxygens (including phenoxy) is 2. The molecule has 0 unspecified atom stereocenters. The summed E-state index contributed by atoms with van der Waals surface area (Å²) in [5.74, 6) is -4.32. The Labute approximate surface area is 156 Å². The molecule has 0 aliphatic heterocycles. The maximum Gasteiger partial charge on any atom is 0.376 e. The molecule has 2 aromatic rings. The monoisotopic (exact) mass is 369 g/mol.